The number of hydrogen-bond donors (Lipinski definition) is 3. The van der Waals surface area contributed by atoms with Crippen LogP contribution < -0.4 is 21.5 Å². The molecule has 2 unspecified atom stereocenters. The first-order chi connectivity index (χ1) is 9.27. The second kappa shape index (κ2) is 5.21. The monoisotopic (exact) mass is 263 g/mol. The summed E-state index contributed by atoms with van der Waals surface area (Å²) in [5.74, 6) is 0.655. The zero-order chi connectivity index (χ0) is 13.2. The fourth-order valence-electron chi connectivity index (χ4n) is 3.31. The summed E-state index contributed by atoms with van der Waals surface area (Å²) >= 11 is 0. The van der Waals surface area contributed by atoms with Crippen molar-refractivity contribution in [3.8, 4) is 0 Å². The van der Waals surface area contributed by atoms with Gasteiger partial charge < -0.3 is 20.9 Å². The summed E-state index contributed by atoms with van der Waals surface area (Å²) in [6.45, 7) is 2.02. The highest BCUT2D eigenvalue weighted by molar-refractivity contribution is 5.61. The van der Waals surface area contributed by atoms with Gasteiger partial charge in [0.15, 0.2) is 5.82 Å². The van der Waals surface area contributed by atoms with E-state index in [2.05, 4.69) is 20.2 Å². The molecule has 1 aromatic heterocycles. The van der Waals surface area contributed by atoms with Crippen LogP contribution in [0, 0.1) is 0 Å². The van der Waals surface area contributed by atoms with Crippen LogP contribution in [-0.2, 0) is 0 Å². The Hall–Kier alpha value is -1.56. The van der Waals surface area contributed by atoms with Crippen LogP contribution in [0.4, 0.5) is 11.5 Å². The van der Waals surface area contributed by atoms with Crippen LogP contribution >= 0.6 is 0 Å². The lowest BCUT2D eigenvalue weighted by molar-refractivity contribution is 0.376. The number of nitrogens with zero attached hydrogens (tertiary/aromatic N) is 2. The minimum atomic E-state index is -0.242. The first-order valence-electron chi connectivity index (χ1n) is 7.10. The summed E-state index contributed by atoms with van der Waals surface area (Å²) in [4.78, 5) is 20.7. The quantitative estimate of drug-likeness (QED) is 0.721. The number of nitrogens with two attached hydrogens (primary N) is 1. The van der Waals surface area contributed by atoms with E-state index in [9.17, 15) is 4.79 Å². The number of aromatic nitrogens is 2. The average Bonchev–Trinajstić information content (AvgIpc) is 2.96. The molecule has 2 aliphatic heterocycles. The van der Waals surface area contributed by atoms with E-state index in [0.717, 1.165) is 25.9 Å². The van der Waals surface area contributed by atoms with Crippen LogP contribution in [0.2, 0.25) is 0 Å². The standard InChI is InChI=1S/C13H21N5O/c14-11-12(16-8-17-13(11)19)18-7-2-1-5-10(18)9-4-3-6-15-9/h8-10,15H,1-7,14H2,(H,16,17,19). The van der Waals surface area contributed by atoms with E-state index in [1.54, 1.807) is 0 Å². The van der Waals surface area contributed by atoms with E-state index in [1.807, 2.05) is 0 Å². The molecule has 3 heterocycles. The Morgan fingerprint density at radius 1 is 1.32 bits per heavy atom. The van der Waals surface area contributed by atoms with Gasteiger partial charge in [0.1, 0.15) is 5.69 Å². The van der Waals surface area contributed by atoms with Gasteiger partial charge in [-0.2, -0.15) is 0 Å². The molecule has 0 aromatic carbocycles. The summed E-state index contributed by atoms with van der Waals surface area (Å²) in [7, 11) is 0. The molecule has 0 spiro atoms. The number of anilines is 2. The predicted molar refractivity (Wildman–Crippen MR) is 75.3 cm³/mol. The van der Waals surface area contributed by atoms with Gasteiger partial charge in [0.2, 0.25) is 0 Å². The molecule has 1 aromatic rings. The lowest BCUT2D eigenvalue weighted by Crippen LogP contribution is -2.51. The zero-order valence-electron chi connectivity index (χ0n) is 11.1. The van der Waals surface area contributed by atoms with Crippen LogP contribution in [0.3, 0.4) is 0 Å². The number of rotatable bonds is 2. The molecule has 0 saturated carbocycles. The molecule has 6 heteroatoms. The van der Waals surface area contributed by atoms with Crippen LogP contribution in [0.25, 0.3) is 0 Å². The van der Waals surface area contributed by atoms with E-state index in [-0.39, 0.29) is 11.2 Å². The summed E-state index contributed by atoms with van der Waals surface area (Å²) in [6, 6.07) is 0.911. The molecule has 19 heavy (non-hydrogen) atoms. The van der Waals surface area contributed by atoms with Crippen molar-refractivity contribution in [1.82, 2.24) is 15.3 Å². The molecular formula is C13H21N5O. The lowest BCUT2D eigenvalue weighted by Gasteiger charge is -2.40. The van der Waals surface area contributed by atoms with Crippen molar-refractivity contribution in [2.45, 2.75) is 44.2 Å². The van der Waals surface area contributed by atoms with E-state index < -0.39 is 0 Å². The van der Waals surface area contributed by atoms with Crippen molar-refractivity contribution in [2.75, 3.05) is 23.7 Å². The third-order valence-electron chi connectivity index (χ3n) is 4.25. The van der Waals surface area contributed by atoms with Gasteiger partial charge >= 0.3 is 0 Å². The largest absolute Gasteiger partial charge is 0.391 e. The van der Waals surface area contributed by atoms with E-state index in [4.69, 9.17) is 5.73 Å². The van der Waals surface area contributed by atoms with Gasteiger partial charge in [0.05, 0.1) is 6.33 Å². The summed E-state index contributed by atoms with van der Waals surface area (Å²) in [6.07, 6.45) is 7.39. The lowest BCUT2D eigenvalue weighted by atomic mass is 9.94. The van der Waals surface area contributed by atoms with Crippen LogP contribution in [0.5, 0.6) is 0 Å². The van der Waals surface area contributed by atoms with Crippen LogP contribution in [-0.4, -0.2) is 35.1 Å². The summed E-state index contributed by atoms with van der Waals surface area (Å²) < 4.78 is 0. The Morgan fingerprint density at radius 2 is 2.21 bits per heavy atom. The molecule has 4 N–H and O–H groups in total. The summed E-state index contributed by atoms with van der Waals surface area (Å²) in [5.41, 5.74) is 5.91. The van der Waals surface area contributed by atoms with Gasteiger partial charge in [0, 0.05) is 18.6 Å². The average molecular weight is 263 g/mol. The van der Waals surface area contributed by atoms with E-state index >= 15 is 0 Å². The second-order valence-corrected chi connectivity index (χ2v) is 5.43. The van der Waals surface area contributed by atoms with E-state index in [1.165, 1.54) is 25.6 Å². The molecule has 2 fully saturated rings. The number of aromatic amines is 1. The maximum Gasteiger partial charge on any atom is 0.276 e. The predicted octanol–water partition coefficient (Wildman–Crippen LogP) is 0.463. The Bertz CT molecular complexity index is 494. The molecule has 0 aliphatic carbocycles. The van der Waals surface area contributed by atoms with Gasteiger partial charge in [-0.15, -0.1) is 0 Å². The fourth-order valence-corrected chi connectivity index (χ4v) is 3.31. The number of H-pyrrole nitrogens is 1. The maximum absolute atomic E-state index is 11.6. The molecule has 0 amide bonds. The second-order valence-electron chi connectivity index (χ2n) is 5.43. The number of nitrogens with one attached hydrogen (secondary N) is 2. The molecule has 2 aliphatic rings. The zero-order valence-corrected chi connectivity index (χ0v) is 11.1. The normalized spacial score (nSPS) is 27.7. The minimum absolute atomic E-state index is 0.242. The van der Waals surface area contributed by atoms with Crippen molar-refractivity contribution in [2.24, 2.45) is 0 Å². The molecular weight excluding hydrogens is 242 g/mol. The third kappa shape index (κ3) is 2.32. The molecule has 0 bridgehead atoms. The first-order valence-corrected chi connectivity index (χ1v) is 7.10. The van der Waals surface area contributed by atoms with Gasteiger partial charge in [-0.3, -0.25) is 4.79 Å². The van der Waals surface area contributed by atoms with Crippen molar-refractivity contribution < 1.29 is 0 Å². The molecule has 2 saturated heterocycles. The highest BCUT2D eigenvalue weighted by atomic mass is 16.1. The van der Waals surface area contributed by atoms with Crippen molar-refractivity contribution in [3.63, 3.8) is 0 Å². The van der Waals surface area contributed by atoms with Gasteiger partial charge in [-0.05, 0) is 38.6 Å². The van der Waals surface area contributed by atoms with Gasteiger partial charge in [0.25, 0.3) is 5.56 Å². The number of nitrogen functional groups attached to an aromatic ring is 1. The highest BCUT2D eigenvalue weighted by Gasteiger charge is 2.33. The van der Waals surface area contributed by atoms with Crippen molar-refractivity contribution >= 4 is 11.5 Å². The Kier molecular flexibility index (Phi) is 3.42. The van der Waals surface area contributed by atoms with Gasteiger partial charge in [-0.1, -0.05) is 0 Å². The smallest absolute Gasteiger partial charge is 0.276 e. The molecule has 6 nitrogen and oxygen atoms in total. The fraction of sp³-hybridized carbons (Fsp3) is 0.692. The Morgan fingerprint density at radius 3 is 3.00 bits per heavy atom. The van der Waals surface area contributed by atoms with Crippen LogP contribution in [0.1, 0.15) is 32.1 Å². The van der Waals surface area contributed by atoms with E-state index in [0.29, 0.717) is 17.9 Å². The number of piperidine rings is 1. The number of hydrogen-bond acceptors (Lipinski definition) is 5. The van der Waals surface area contributed by atoms with Crippen molar-refractivity contribution in [1.29, 1.82) is 0 Å². The van der Waals surface area contributed by atoms with Gasteiger partial charge in [-0.25, -0.2) is 4.98 Å². The third-order valence-corrected chi connectivity index (χ3v) is 4.25. The molecule has 0 radical (unpaired) electrons. The minimum Gasteiger partial charge on any atom is -0.391 e. The molecule has 104 valence electrons. The molecule has 3 rings (SSSR count). The summed E-state index contributed by atoms with van der Waals surface area (Å²) in [5, 5.41) is 3.56. The van der Waals surface area contributed by atoms with Crippen molar-refractivity contribution in [3.05, 3.63) is 16.7 Å². The van der Waals surface area contributed by atoms with Crippen LogP contribution in [0.15, 0.2) is 11.1 Å². The molecule has 2 atom stereocenters. The SMILES string of the molecule is Nc1c(N2CCCCC2C2CCCN2)nc[nH]c1=O. The first kappa shape index (κ1) is 12.5. The highest BCUT2D eigenvalue weighted by Crippen LogP contribution is 2.29. The maximum atomic E-state index is 11.6. The topological polar surface area (TPSA) is 87.0 Å². The Balaban J connectivity index is 1.91. The Labute approximate surface area is 112 Å².